The van der Waals surface area contributed by atoms with Crippen LogP contribution in [0.2, 0.25) is 0 Å². The molecule has 2 rings (SSSR count). The number of hydrogen-bond acceptors (Lipinski definition) is 4. The molecule has 7 heteroatoms. The van der Waals surface area contributed by atoms with Gasteiger partial charge in [0.1, 0.15) is 5.82 Å². The third kappa shape index (κ3) is 3.80. The van der Waals surface area contributed by atoms with Gasteiger partial charge in [-0.05, 0) is 45.7 Å². The molecule has 114 valence electrons. The van der Waals surface area contributed by atoms with Crippen molar-refractivity contribution in [2.45, 2.75) is 57.1 Å². The third-order valence-corrected chi connectivity index (χ3v) is 4.98. The summed E-state index contributed by atoms with van der Waals surface area (Å²) in [5, 5.41) is 3.42. The number of hydrogen-bond donors (Lipinski definition) is 2. The predicted octanol–water partition coefficient (Wildman–Crippen LogP) is 1.02. The Hall–Kier alpha value is -0.920. The number of nitrogens with one attached hydrogen (secondary N) is 2. The fourth-order valence-electron chi connectivity index (χ4n) is 2.49. The maximum absolute atomic E-state index is 12.4. The minimum Gasteiger partial charge on any atom is -0.334 e. The molecule has 1 fully saturated rings. The lowest BCUT2D eigenvalue weighted by atomic mass is 10.1. The molecule has 0 spiro atoms. The van der Waals surface area contributed by atoms with Crippen LogP contribution in [0, 0.1) is 6.92 Å². The van der Waals surface area contributed by atoms with Crippen LogP contribution in [-0.2, 0) is 16.6 Å². The molecule has 1 unspecified atom stereocenters. The van der Waals surface area contributed by atoms with Gasteiger partial charge in [0.2, 0.25) is 0 Å². The van der Waals surface area contributed by atoms with Gasteiger partial charge in [-0.2, -0.15) is 0 Å². The Morgan fingerprint density at radius 3 is 3.00 bits per heavy atom. The molecule has 0 saturated carbocycles. The fraction of sp³-hybridized carbons (Fsp3) is 0.769. The standard InChI is InChI=1S/C13H24N4O2S/c1-3-9-17-10-13(15-11(17)2)20(18,19)16-12-5-4-7-14-8-6-12/h10,12,14,16H,3-9H2,1-2H3. The first-order valence-electron chi connectivity index (χ1n) is 7.29. The monoisotopic (exact) mass is 300 g/mol. The van der Waals surface area contributed by atoms with Crippen molar-refractivity contribution >= 4 is 10.0 Å². The molecule has 0 aliphatic carbocycles. The molecule has 1 aliphatic heterocycles. The third-order valence-electron chi connectivity index (χ3n) is 3.59. The van der Waals surface area contributed by atoms with Crippen molar-refractivity contribution < 1.29 is 8.42 Å². The highest BCUT2D eigenvalue weighted by Gasteiger charge is 2.23. The van der Waals surface area contributed by atoms with Crippen LogP contribution in [0.4, 0.5) is 0 Å². The van der Waals surface area contributed by atoms with Crippen LogP contribution in [0.5, 0.6) is 0 Å². The Labute approximate surface area is 121 Å². The summed E-state index contributed by atoms with van der Waals surface area (Å²) in [6.45, 7) is 6.51. The minimum absolute atomic E-state index is 0.00614. The first-order valence-corrected chi connectivity index (χ1v) is 8.78. The summed E-state index contributed by atoms with van der Waals surface area (Å²) in [5.41, 5.74) is 0. The molecule has 1 aromatic rings. The van der Waals surface area contributed by atoms with Crippen LogP contribution in [-0.4, -0.2) is 37.1 Å². The van der Waals surface area contributed by atoms with E-state index in [1.54, 1.807) is 6.20 Å². The molecule has 0 aromatic carbocycles. The lowest BCUT2D eigenvalue weighted by Gasteiger charge is -2.14. The van der Waals surface area contributed by atoms with Crippen molar-refractivity contribution in [2.75, 3.05) is 13.1 Å². The summed E-state index contributed by atoms with van der Waals surface area (Å²) in [4.78, 5) is 4.19. The minimum atomic E-state index is -3.51. The van der Waals surface area contributed by atoms with Crippen LogP contribution in [0.1, 0.15) is 38.4 Å². The van der Waals surface area contributed by atoms with Crippen molar-refractivity contribution in [1.29, 1.82) is 0 Å². The highest BCUT2D eigenvalue weighted by Crippen LogP contribution is 2.13. The van der Waals surface area contributed by atoms with Gasteiger partial charge in [0, 0.05) is 18.8 Å². The van der Waals surface area contributed by atoms with Gasteiger partial charge in [0.25, 0.3) is 10.0 Å². The number of sulfonamides is 1. The predicted molar refractivity (Wildman–Crippen MR) is 78.1 cm³/mol. The summed E-state index contributed by atoms with van der Waals surface area (Å²) in [6, 6.07) is 0.00614. The second-order valence-electron chi connectivity index (χ2n) is 5.32. The summed E-state index contributed by atoms with van der Waals surface area (Å²) in [7, 11) is -3.51. The first-order chi connectivity index (χ1) is 9.53. The molecule has 2 heterocycles. The Bertz CT molecular complexity index is 531. The van der Waals surface area contributed by atoms with Crippen LogP contribution >= 0.6 is 0 Å². The summed E-state index contributed by atoms with van der Waals surface area (Å²) in [5.74, 6) is 0.745. The Morgan fingerprint density at radius 2 is 2.25 bits per heavy atom. The zero-order chi connectivity index (χ0) is 14.6. The Balaban J connectivity index is 2.10. The number of aryl methyl sites for hydroxylation is 2. The smallest absolute Gasteiger partial charge is 0.259 e. The SMILES string of the molecule is CCCn1cc(S(=O)(=O)NC2CCCNCC2)nc1C. The first kappa shape index (κ1) is 15.5. The fourth-order valence-corrected chi connectivity index (χ4v) is 3.81. The van der Waals surface area contributed by atoms with Gasteiger partial charge in [-0.1, -0.05) is 6.92 Å². The maximum Gasteiger partial charge on any atom is 0.259 e. The summed E-state index contributed by atoms with van der Waals surface area (Å²) >= 11 is 0. The average Bonchev–Trinajstić information content (AvgIpc) is 2.62. The quantitative estimate of drug-likeness (QED) is 0.851. The summed E-state index contributed by atoms with van der Waals surface area (Å²) < 4.78 is 29.4. The molecule has 2 N–H and O–H groups in total. The molecule has 0 amide bonds. The summed E-state index contributed by atoms with van der Waals surface area (Å²) in [6.07, 6.45) is 5.29. The van der Waals surface area contributed by atoms with E-state index in [2.05, 4.69) is 21.9 Å². The van der Waals surface area contributed by atoms with Crippen LogP contribution in [0.25, 0.3) is 0 Å². The van der Waals surface area contributed by atoms with Gasteiger partial charge in [0.05, 0.1) is 0 Å². The largest absolute Gasteiger partial charge is 0.334 e. The lowest BCUT2D eigenvalue weighted by molar-refractivity contribution is 0.516. The average molecular weight is 300 g/mol. The molecule has 6 nitrogen and oxygen atoms in total. The van der Waals surface area contributed by atoms with E-state index in [4.69, 9.17) is 0 Å². The Morgan fingerprint density at radius 1 is 1.45 bits per heavy atom. The lowest BCUT2D eigenvalue weighted by Crippen LogP contribution is -2.35. The van der Waals surface area contributed by atoms with Crippen molar-refractivity contribution in [3.63, 3.8) is 0 Å². The van der Waals surface area contributed by atoms with Crippen molar-refractivity contribution in [3.05, 3.63) is 12.0 Å². The molecule has 1 aromatic heterocycles. The zero-order valence-electron chi connectivity index (χ0n) is 12.2. The van der Waals surface area contributed by atoms with E-state index in [-0.39, 0.29) is 11.1 Å². The van der Waals surface area contributed by atoms with Gasteiger partial charge in [-0.25, -0.2) is 18.1 Å². The second kappa shape index (κ2) is 6.69. The van der Waals surface area contributed by atoms with Crippen LogP contribution in [0.15, 0.2) is 11.2 Å². The molecule has 20 heavy (non-hydrogen) atoms. The van der Waals surface area contributed by atoms with Crippen molar-refractivity contribution in [1.82, 2.24) is 19.6 Å². The van der Waals surface area contributed by atoms with Crippen molar-refractivity contribution in [3.8, 4) is 0 Å². The van der Waals surface area contributed by atoms with Gasteiger partial charge < -0.3 is 9.88 Å². The molecular formula is C13H24N4O2S. The maximum atomic E-state index is 12.4. The van der Waals surface area contributed by atoms with E-state index in [1.165, 1.54) is 0 Å². The molecule has 1 aliphatic rings. The van der Waals surface area contributed by atoms with Gasteiger partial charge in [0.15, 0.2) is 5.03 Å². The van der Waals surface area contributed by atoms with E-state index in [1.807, 2.05) is 11.5 Å². The van der Waals surface area contributed by atoms with Crippen LogP contribution in [0.3, 0.4) is 0 Å². The number of nitrogens with zero attached hydrogens (tertiary/aromatic N) is 2. The topological polar surface area (TPSA) is 76.0 Å². The van der Waals surface area contributed by atoms with E-state index in [9.17, 15) is 8.42 Å². The molecule has 1 atom stereocenters. The zero-order valence-corrected chi connectivity index (χ0v) is 13.0. The molecule has 0 radical (unpaired) electrons. The molecule has 1 saturated heterocycles. The van der Waals surface area contributed by atoms with Gasteiger partial charge in [-0.3, -0.25) is 0 Å². The highest BCUT2D eigenvalue weighted by atomic mass is 32.2. The van der Waals surface area contributed by atoms with Gasteiger partial charge in [-0.15, -0.1) is 0 Å². The number of imidazole rings is 1. The Kier molecular flexibility index (Phi) is 5.17. The number of aromatic nitrogens is 2. The second-order valence-corrected chi connectivity index (χ2v) is 6.98. The van der Waals surface area contributed by atoms with E-state index >= 15 is 0 Å². The van der Waals surface area contributed by atoms with E-state index in [0.29, 0.717) is 0 Å². The molecule has 0 bridgehead atoms. The normalized spacial score (nSPS) is 20.8. The van der Waals surface area contributed by atoms with E-state index in [0.717, 1.165) is 51.1 Å². The number of rotatable bonds is 5. The van der Waals surface area contributed by atoms with E-state index < -0.39 is 10.0 Å². The van der Waals surface area contributed by atoms with Gasteiger partial charge >= 0.3 is 0 Å². The molecular weight excluding hydrogens is 276 g/mol. The van der Waals surface area contributed by atoms with Crippen LogP contribution < -0.4 is 10.0 Å². The highest BCUT2D eigenvalue weighted by molar-refractivity contribution is 7.89. The van der Waals surface area contributed by atoms with Crippen molar-refractivity contribution in [2.24, 2.45) is 0 Å².